The fraction of sp³-hybridized carbons (Fsp3) is 0.0833. The number of hydrogen-bond donors (Lipinski definition) is 0. The van der Waals surface area contributed by atoms with Crippen molar-refractivity contribution in [3.05, 3.63) is 40.6 Å². The monoisotopic (exact) mass is 277 g/mol. The third kappa shape index (κ3) is 1.55. The van der Waals surface area contributed by atoms with Crippen molar-refractivity contribution in [1.82, 2.24) is 4.98 Å². The summed E-state index contributed by atoms with van der Waals surface area (Å²) in [5.74, 6) is 1.13. The number of furan rings is 1. The van der Waals surface area contributed by atoms with E-state index >= 15 is 0 Å². The SMILES string of the molecule is Cc1ccc2oc(-c3ccc(Br)o3)nc2c1. The molecule has 0 unspecified atom stereocenters. The van der Waals surface area contributed by atoms with Crippen LogP contribution < -0.4 is 0 Å². The topological polar surface area (TPSA) is 39.2 Å². The van der Waals surface area contributed by atoms with Crippen LogP contribution in [0.2, 0.25) is 0 Å². The normalized spacial score (nSPS) is 11.1. The molecule has 2 heterocycles. The predicted molar refractivity (Wildman–Crippen MR) is 64.1 cm³/mol. The Labute approximate surface area is 100 Å². The first-order valence-corrected chi connectivity index (χ1v) is 5.64. The maximum atomic E-state index is 5.60. The molecule has 3 aromatic rings. The molecule has 2 aromatic heterocycles. The van der Waals surface area contributed by atoms with Crippen LogP contribution in [0.5, 0.6) is 0 Å². The molecule has 0 spiro atoms. The summed E-state index contributed by atoms with van der Waals surface area (Å²) in [5, 5.41) is 0. The van der Waals surface area contributed by atoms with Gasteiger partial charge in [-0.1, -0.05) is 6.07 Å². The lowest BCUT2D eigenvalue weighted by Crippen LogP contribution is -1.72. The van der Waals surface area contributed by atoms with Crippen LogP contribution in [-0.4, -0.2) is 4.98 Å². The van der Waals surface area contributed by atoms with E-state index in [1.807, 2.05) is 37.3 Å². The minimum Gasteiger partial charge on any atom is -0.444 e. The second-order valence-electron chi connectivity index (χ2n) is 3.59. The van der Waals surface area contributed by atoms with Crippen LogP contribution in [0.4, 0.5) is 0 Å². The van der Waals surface area contributed by atoms with Crippen molar-refractivity contribution in [2.24, 2.45) is 0 Å². The number of aromatic nitrogens is 1. The van der Waals surface area contributed by atoms with Crippen LogP contribution in [0.15, 0.2) is 43.8 Å². The molecule has 3 nitrogen and oxygen atoms in total. The molecule has 0 amide bonds. The Bertz CT molecular complexity index is 654. The maximum absolute atomic E-state index is 5.60. The highest BCUT2D eigenvalue weighted by Gasteiger charge is 2.11. The number of fused-ring (bicyclic) bond motifs is 1. The number of aryl methyl sites for hydroxylation is 1. The first-order valence-electron chi connectivity index (χ1n) is 4.85. The standard InChI is InChI=1S/C12H8BrNO2/c1-7-2-3-9-8(6-7)14-12(16-9)10-4-5-11(13)15-10/h2-6H,1H3. The Morgan fingerprint density at radius 1 is 1.12 bits per heavy atom. The van der Waals surface area contributed by atoms with Gasteiger partial charge in [-0.2, -0.15) is 0 Å². The molecule has 0 saturated heterocycles. The molecule has 0 atom stereocenters. The maximum Gasteiger partial charge on any atom is 0.263 e. The lowest BCUT2D eigenvalue weighted by molar-refractivity contribution is 0.518. The summed E-state index contributed by atoms with van der Waals surface area (Å²) in [6, 6.07) is 9.53. The van der Waals surface area contributed by atoms with Crippen molar-refractivity contribution >= 4 is 27.0 Å². The van der Waals surface area contributed by atoms with Gasteiger partial charge < -0.3 is 8.83 Å². The van der Waals surface area contributed by atoms with E-state index in [1.54, 1.807) is 0 Å². The molecular formula is C12H8BrNO2. The quantitative estimate of drug-likeness (QED) is 0.671. The van der Waals surface area contributed by atoms with E-state index in [9.17, 15) is 0 Å². The van der Waals surface area contributed by atoms with E-state index < -0.39 is 0 Å². The van der Waals surface area contributed by atoms with Gasteiger partial charge in [0.05, 0.1) is 0 Å². The van der Waals surface area contributed by atoms with Crippen LogP contribution in [0.1, 0.15) is 5.56 Å². The molecule has 0 N–H and O–H groups in total. The molecule has 16 heavy (non-hydrogen) atoms. The fourth-order valence-electron chi connectivity index (χ4n) is 1.57. The fourth-order valence-corrected chi connectivity index (χ4v) is 1.88. The molecule has 3 rings (SSSR count). The summed E-state index contributed by atoms with van der Waals surface area (Å²) in [6.07, 6.45) is 0. The van der Waals surface area contributed by atoms with Crippen molar-refractivity contribution in [2.75, 3.05) is 0 Å². The molecule has 0 bridgehead atoms. The third-order valence-corrected chi connectivity index (χ3v) is 2.75. The first kappa shape index (κ1) is 9.66. The second kappa shape index (κ2) is 3.49. The van der Waals surface area contributed by atoms with Crippen LogP contribution >= 0.6 is 15.9 Å². The van der Waals surface area contributed by atoms with Gasteiger partial charge in [-0.25, -0.2) is 4.98 Å². The summed E-state index contributed by atoms with van der Waals surface area (Å²) in [4.78, 5) is 4.38. The lowest BCUT2D eigenvalue weighted by Gasteiger charge is -1.87. The van der Waals surface area contributed by atoms with E-state index in [2.05, 4.69) is 20.9 Å². The number of oxazole rings is 1. The van der Waals surface area contributed by atoms with Gasteiger partial charge in [0.15, 0.2) is 16.0 Å². The predicted octanol–water partition coefficient (Wildman–Crippen LogP) is 4.16. The smallest absolute Gasteiger partial charge is 0.263 e. The number of hydrogen-bond acceptors (Lipinski definition) is 3. The van der Waals surface area contributed by atoms with Crippen LogP contribution in [0.3, 0.4) is 0 Å². The van der Waals surface area contributed by atoms with E-state index in [0.717, 1.165) is 16.7 Å². The molecule has 0 aliphatic rings. The zero-order valence-electron chi connectivity index (χ0n) is 8.53. The first-order chi connectivity index (χ1) is 7.72. The Morgan fingerprint density at radius 3 is 2.75 bits per heavy atom. The number of halogens is 1. The van der Waals surface area contributed by atoms with Gasteiger partial charge in [-0.05, 0) is 52.7 Å². The number of rotatable bonds is 1. The van der Waals surface area contributed by atoms with Gasteiger partial charge in [0.25, 0.3) is 5.89 Å². The number of nitrogens with zero attached hydrogens (tertiary/aromatic N) is 1. The zero-order valence-corrected chi connectivity index (χ0v) is 10.1. The largest absolute Gasteiger partial charge is 0.444 e. The van der Waals surface area contributed by atoms with Gasteiger partial charge in [0.1, 0.15) is 5.52 Å². The van der Waals surface area contributed by atoms with Crippen LogP contribution in [-0.2, 0) is 0 Å². The summed E-state index contributed by atoms with van der Waals surface area (Å²) in [6.45, 7) is 2.03. The summed E-state index contributed by atoms with van der Waals surface area (Å²) < 4.78 is 11.7. The molecule has 1 aromatic carbocycles. The molecule has 0 aliphatic carbocycles. The van der Waals surface area contributed by atoms with Gasteiger partial charge in [-0.3, -0.25) is 0 Å². The highest BCUT2D eigenvalue weighted by Crippen LogP contribution is 2.27. The van der Waals surface area contributed by atoms with E-state index in [1.165, 1.54) is 0 Å². The van der Waals surface area contributed by atoms with Crippen molar-refractivity contribution < 1.29 is 8.83 Å². The zero-order chi connectivity index (χ0) is 11.1. The Balaban J connectivity index is 2.18. The van der Waals surface area contributed by atoms with E-state index in [0.29, 0.717) is 16.3 Å². The molecule has 80 valence electrons. The molecule has 0 radical (unpaired) electrons. The molecule has 0 aliphatic heterocycles. The van der Waals surface area contributed by atoms with Crippen molar-refractivity contribution in [1.29, 1.82) is 0 Å². The van der Waals surface area contributed by atoms with Crippen LogP contribution in [0, 0.1) is 6.92 Å². The van der Waals surface area contributed by atoms with Gasteiger partial charge in [0.2, 0.25) is 0 Å². The lowest BCUT2D eigenvalue weighted by atomic mass is 10.2. The van der Waals surface area contributed by atoms with Crippen molar-refractivity contribution in [3.8, 4) is 11.7 Å². The van der Waals surface area contributed by atoms with Gasteiger partial charge in [0, 0.05) is 0 Å². The number of benzene rings is 1. The Hall–Kier alpha value is -1.55. The highest BCUT2D eigenvalue weighted by molar-refractivity contribution is 9.10. The van der Waals surface area contributed by atoms with Crippen LogP contribution in [0.25, 0.3) is 22.8 Å². The van der Waals surface area contributed by atoms with Gasteiger partial charge >= 0.3 is 0 Å². The van der Waals surface area contributed by atoms with Crippen molar-refractivity contribution in [2.45, 2.75) is 6.92 Å². The second-order valence-corrected chi connectivity index (χ2v) is 4.38. The van der Waals surface area contributed by atoms with Gasteiger partial charge in [-0.15, -0.1) is 0 Å². The Morgan fingerprint density at radius 2 is 2.00 bits per heavy atom. The molecule has 4 heteroatoms. The minimum atomic E-state index is 0.506. The average molecular weight is 278 g/mol. The highest BCUT2D eigenvalue weighted by atomic mass is 79.9. The molecule has 0 fully saturated rings. The van der Waals surface area contributed by atoms with E-state index in [-0.39, 0.29) is 0 Å². The Kier molecular flexibility index (Phi) is 2.11. The third-order valence-electron chi connectivity index (χ3n) is 2.33. The summed E-state index contributed by atoms with van der Waals surface area (Å²) >= 11 is 3.25. The molecular weight excluding hydrogens is 270 g/mol. The summed E-state index contributed by atoms with van der Waals surface area (Å²) in [5.41, 5.74) is 2.78. The average Bonchev–Trinajstić information content (AvgIpc) is 2.83. The minimum absolute atomic E-state index is 0.506. The van der Waals surface area contributed by atoms with Crippen molar-refractivity contribution in [3.63, 3.8) is 0 Å². The van der Waals surface area contributed by atoms with E-state index in [4.69, 9.17) is 8.83 Å². The molecule has 0 saturated carbocycles. The summed E-state index contributed by atoms with van der Waals surface area (Å²) in [7, 11) is 0.